The van der Waals surface area contributed by atoms with Crippen LogP contribution in [0.1, 0.15) is 10.6 Å². The lowest BCUT2D eigenvalue weighted by Crippen LogP contribution is -2.13. The Morgan fingerprint density at radius 3 is 3.08 bits per heavy atom. The summed E-state index contributed by atoms with van der Waals surface area (Å²) < 4.78 is 5.69. The Hall–Kier alpha value is -1.91. The Labute approximate surface area is 150 Å². The van der Waals surface area contributed by atoms with Crippen molar-refractivity contribution in [3.63, 3.8) is 0 Å². The number of carbonyl (C=O) groups excluding carboxylic acids is 1. The highest BCUT2D eigenvalue weighted by Gasteiger charge is 2.10. The van der Waals surface area contributed by atoms with Gasteiger partial charge >= 0.3 is 0 Å². The number of aryl methyl sites for hydroxylation is 1. The van der Waals surface area contributed by atoms with Crippen LogP contribution >= 0.6 is 34.4 Å². The standard InChI is InChI=1S/C14H15N5O2S3/c1-9-7-12(21-19-9)16-11(20)8-23-14-18-17-13(24-14)15-5-4-10-3-2-6-22-10/h2-3,6-7H,4-5,8H2,1H3,(H,15,17)(H,16,20). The molecule has 0 radical (unpaired) electrons. The molecule has 1 amide bonds. The van der Waals surface area contributed by atoms with Gasteiger partial charge in [0.05, 0.1) is 11.4 Å². The zero-order valence-corrected chi connectivity index (χ0v) is 15.3. The van der Waals surface area contributed by atoms with E-state index in [1.807, 2.05) is 6.07 Å². The number of thioether (sulfide) groups is 1. The quantitative estimate of drug-likeness (QED) is 0.578. The smallest absolute Gasteiger partial charge is 0.237 e. The molecule has 3 heterocycles. The first-order valence-corrected chi connectivity index (χ1v) is 9.83. The van der Waals surface area contributed by atoms with E-state index in [0.29, 0.717) is 5.88 Å². The minimum absolute atomic E-state index is 0.168. The van der Waals surface area contributed by atoms with Gasteiger partial charge in [0.1, 0.15) is 0 Å². The molecule has 0 aliphatic carbocycles. The number of nitrogens with zero attached hydrogens (tertiary/aromatic N) is 3. The molecule has 10 heteroatoms. The van der Waals surface area contributed by atoms with E-state index in [2.05, 4.69) is 37.4 Å². The molecular formula is C14H15N5O2S3. The van der Waals surface area contributed by atoms with Crippen molar-refractivity contribution in [3.8, 4) is 0 Å². The minimum Gasteiger partial charge on any atom is -0.360 e. The van der Waals surface area contributed by atoms with E-state index in [9.17, 15) is 4.79 Å². The monoisotopic (exact) mass is 381 g/mol. The first-order valence-electron chi connectivity index (χ1n) is 7.15. The van der Waals surface area contributed by atoms with Crippen molar-refractivity contribution in [2.45, 2.75) is 17.7 Å². The summed E-state index contributed by atoms with van der Waals surface area (Å²) in [6.07, 6.45) is 0.957. The molecule has 0 saturated carbocycles. The van der Waals surface area contributed by atoms with E-state index in [0.717, 1.165) is 28.1 Å². The molecule has 0 bridgehead atoms. The molecule has 0 aromatic carbocycles. The minimum atomic E-state index is -0.168. The topological polar surface area (TPSA) is 92.9 Å². The Bertz CT molecular complexity index is 784. The SMILES string of the molecule is Cc1cc(NC(=O)CSc2nnc(NCCc3cccs3)s2)on1. The van der Waals surface area contributed by atoms with Crippen LogP contribution in [0.25, 0.3) is 0 Å². The second-order valence-electron chi connectivity index (χ2n) is 4.80. The summed E-state index contributed by atoms with van der Waals surface area (Å²) in [7, 11) is 0. The summed E-state index contributed by atoms with van der Waals surface area (Å²) in [6.45, 7) is 2.60. The van der Waals surface area contributed by atoms with Crippen LogP contribution < -0.4 is 10.6 Å². The van der Waals surface area contributed by atoms with Gasteiger partial charge in [-0.05, 0) is 24.8 Å². The Morgan fingerprint density at radius 1 is 1.42 bits per heavy atom. The van der Waals surface area contributed by atoms with E-state index in [4.69, 9.17) is 4.52 Å². The first-order chi connectivity index (χ1) is 11.7. The van der Waals surface area contributed by atoms with Crippen LogP contribution in [0.3, 0.4) is 0 Å². The van der Waals surface area contributed by atoms with Crippen molar-refractivity contribution in [3.05, 3.63) is 34.2 Å². The van der Waals surface area contributed by atoms with Crippen molar-refractivity contribution in [2.24, 2.45) is 0 Å². The average Bonchev–Trinajstić information content (AvgIpc) is 3.28. The van der Waals surface area contributed by atoms with Crippen molar-refractivity contribution in [1.82, 2.24) is 15.4 Å². The van der Waals surface area contributed by atoms with Gasteiger partial charge < -0.3 is 9.84 Å². The lowest BCUT2D eigenvalue weighted by Gasteiger charge is -1.99. The number of thiophene rings is 1. The number of hydrogen-bond acceptors (Lipinski definition) is 9. The number of nitrogens with one attached hydrogen (secondary N) is 2. The Balaban J connectivity index is 1.39. The van der Waals surface area contributed by atoms with E-state index >= 15 is 0 Å². The summed E-state index contributed by atoms with van der Waals surface area (Å²) >= 11 is 4.52. The van der Waals surface area contributed by atoms with Gasteiger partial charge in [-0.3, -0.25) is 10.1 Å². The van der Waals surface area contributed by atoms with Crippen LogP contribution in [-0.4, -0.2) is 33.6 Å². The van der Waals surface area contributed by atoms with Crippen LogP contribution in [-0.2, 0) is 11.2 Å². The molecule has 7 nitrogen and oxygen atoms in total. The van der Waals surface area contributed by atoms with Crippen LogP contribution in [0.4, 0.5) is 11.0 Å². The van der Waals surface area contributed by atoms with E-state index in [-0.39, 0.29) is 11.7 Å². The second kappa shape index (κ2) is 8.27. The molecule has 0 unspecified atom stereocenters. The van der Waals surface area contributed by atoms with Gasteiger partial charge in [-0.15, -0.1) is 21.5 Å². The molecule has 126 valence electrons. The van der Waals surface area contributed by atoms with E-state index < -0.39 is 0 Å². The summed E-state index contributed by atoms with van der Waals surface area (Å²) in [5.41, 5.74) is 0.723. The molecule has 3 rings (SSSR count). The maximum absolute atomic E-state index is 11.8. The van der Waals surface area contributed by atoms with Crippen LogP contribution in [0.5, 0.6) is 0 Å². The maximum Gasteiger partial charge on any atom is 0.237 e. The van der Waals surface area contributed by atoms with Gasteiger partial charge in [0.15, 0.2) is 4.34 Å². The predicted molar refractivity (Wildman–Crippen MR) is 97.0 cm³/mol. The van der Waals surface area contributed by atoms with E-state index in [1.165, 1.54) is 28.0 Å². The number of rotatable bonds is 8. The molecule has 0 spiro atoms. The molecule has 0 aliphatic rings. The molecule has 0 fully saturated rings. The Kier molecular flexibility index (Phi) is 5.83. The van der Waals surface area contributed by atoms with Gasteiger partial charge in [0.2, 0.25) is 16.9 Å². The molecule has 2 N–H and O–H groups in total. The highest BCUT2D eigenvalue weighted by Crippen LogP contribution is 2.25. The zero-order valence-electron chi connectivity index (χ0n) is 12.8. The van der Waals surface area contributed by atoms with Crippen molar-refractivity contribution >= 4 is 51.4 Å². The number of hydrogen-bond donors (Lipinski definition) is 2. The second-order valence-corrected chi connectivity index (χ2v) is 8.03. The van der Waals surface area contributed by atoms with Crippen molar-refractivity contribution < 1.29 is 9.32 Å². The maximum atomic E-state index is 11.8. The molecule has 3 aromatic rings. The van der Waals surface area contributed by atoms with Crippen molar-refractivity contribution in [1.29, 1.82) is 0 Å². The average molecular weight is 382 g/mol. The normalized spacial score (nSPS) is 10.7. The van der Waals surface area contributed by atoms with Gasteiger partial charge in [0, 0.05) is 17.5 Å². The lowest BCUT2D eigenvalue weighted by molar-refractivity contribution is -0.113. The number of anilines is 2. The fourth-order valence-electron chi connectivity index (χ4n) is 1.81. The number of aromatic nitrogens is 3. The third kappa shape index (κ3) is 5.05. The fourth-order valence-corrected chi connectivity index (χ4v) is 4.10. The molecule has 0 aliphatic heterocycles. The largest absolute Gasteiger partial charge is 0.360 e. The fraction of sp³-hybridized carbons (Fsp3) is 0.286. The summed E-state index contributed by atoms with van der Waals surface area (Å²) in [5.74, 6) is 0.425. The van der Waals surface area contributed by atoms with Crippen molar-refractivity contribution in [2.75, 3.05) is 22.9 Å². The lowest BCUT2D eigenvalue weighted by atomic mass is 10.3. The molecular weight excluding hydrogens is 366 g/mol. The zero-order chi connectivity index (χ0) is 16.8. The number of carbonyl (C=O) groups is 1. The highest BCUT2D eigenvalue weighted by molar-refractivity contribution is 8.01. The van der Waals surface area contributed by atoms with Gasteiger partial charge in [-0.25, -0.2) is 0 Å². The summed E-state index contributed by atoms with van der Waals surface area (Å²) in [4.78, 5) is 13.2. The highest BCUT2D eigenvalue weighted by atomic mass is 32.2. The van der Waals surface area contributed by atoms with Crippen LogP contribution in [0.2, 0.25) is 0 Å². The molecule has 0 saturated heterocycles. The first kappa shape index (κ1) is 16.9. The Morgan fingerprint density at radius 2 is 2.33 bits per heavy atom. The summed E-state index contributed by atoms with van der Waals surface area (Å²) in [5, 5.41) is 20.6. The van der Waals surface area contributed by atoms with Gasteiger partial charge in [-0.2, -0.15) is 0 Å². The van der Waals surface area contributed by atoms with Crippen LogP contribution in [0, 0.1) is 6.92 Å². The predicted octanol–water partition coefficient (Wildman–Crippen LogP) is 3.28. The molecule has 24 heavy (non-hydrogen) atoms. The van der Waals surface area contributed by atoms with Crippen LogP contribution in [0.15, 0.2) is 32.4 Å². The van der Waals surface area contributed by atoms with Gasteiger partial charge in [0.25, 0.3) is 0 Å². The third-order valence-corrected chi connectivity index (χ3v) is 5.80. The summed E-state index contributed by atoms with van der Waals surface area (Å²) in [6, 6.07) is 5.83. The molecule has 3 aromatic heterocycles. The van der Waals surface area contributed by atoms with E-state index in [1.54, 1.807) is 24.3 Å². The van der Waals surface area contributed by atoms with Gasteiger partial charge in [-0.1, -0.05) is 34.3 Å². The number of amides is 1. The molecule has 0 atom stereocenters. The third-order valence-electron chi connectivity index (χ3n) is 2.85.